The summed E-state index contributed by atoms with van der Waals surface area (Å²) in [5.74, 6) is -0.927. The van der Waals surface area contributed by atoms with E-state index < -0.39 is 5.97 Å². The van der Waals surface area contributed by atoms with Gasteiger partial charge in [-0.3, -0.25) is 0 Å². The van der Waals surface area contributed by atoms with Gasteiger partial charge >= 0.3 is 0 Å². The van der Waals surface area contributed by atoms with Crippen LogP contribution in [0.3, 0.4) is 0 Å². The molecule has 0 bridgehead atoms. The molecule has 0 aromatic heterocycles. The van der Waals surface area contributed by atoms with Crippen molar-refractivity contribution in [1.82, 2.24) is 0 Å². The Morgan fingerprint density at radius 3 is 1.95 bits per heavy atom. The number of aliphatic carboxylic acids is 1. The van der Waals surface area contributed by atoms with Gasteiger partial charge in [-0.25, -0.2) is 0 Å². The minimum atomic E-state index is -0.927. The molecule has 0 fully saturated rings. The standard InChI is InChI=1S/C18H30O2/c1-2-3-4-5-6-7-8-9-10-11-12-13-14-15-16-17-18(19)20/h5-10H,2-4,11-17H2,1H3,(H,19,20)/p-1/b6-5+,8-7+,10-9-. The van der Waals surface area contributed by atoms with Gasteiger partial charge in [-0.2, -0.15) is 0 Å². The Balaban J connectivity index is 3.29. The Morgan fingerprint density at radius 2 is 1.35 bits per heavy atom. The van der Waals surface area contributed by atoms with E-state index in [1.165, 1.54) is 32.1 Å². The molecule has 0 unspecified atom stereocenters. The van der Waals surface area contributed by atoms with Crippen molar-refractivity contribution in [2.24, 2.45) is 0 Å². The highest BCUT2D eigenvalue weighted by molar-refractivity contribution is 5.63. The normalized spacial score (nSPS) is 12.1. The first kappa shape index (κ1) is 18.7. The van der Waals surface area contributed by atoms with E-state index in [1.54, 1.807) is 0 Å². The summed E-state index contributed by atoms with van der Waals surface area (Å²) in [7, 11) is 0. The van der Waals surface area contributed by atoms with Gasteiger partial charge in [0.05, 0.1) is 0 Å². The Hall–Kier alpha value is -1.31. The molecule has 0 heterocycles. The zero-order valence-corrected chi connectivity index (χ0v) is 12.9. The zero-order valence-electron chi connectivity index (χ0n) is 12.9. The summed E-state index contributed by atoms with van der Waals surface area (Å²) in [5, 5.41) is 10.2. The number of allylic oxidation sites excluding steroid dienone is 6. The lowest BCUT2D eigenvalue weighted by atomic mass is 10.1. The molecular weight excluding hydrogens is 248 g/mol. The number of carboxylic acids is 1. The summed E-state index contributed by atoms with van der Waals surface area (Å²) in [5.41, 5.74) is 0. The number of unbranched alkanes of at least 4 members (excludes halogenated alkanes) is 7. The summed E-state index contributed by atoms with van der Waals surface area (Å²) in [6, 6.07) is 0. The van der Waals surface area contributed by atoms with Gasteiger partial charge in [-0.05, 0) is 32.1 Å². The largest absolute Gasteiger partial charge is 0.550 e. The van der Waals surface area contributed by atoms with Crippen LogP contribution in [0.15, 0.2) is 36.5 Å². The van der Waals surface area contributed by atoms with Gasteiger partial charge in [0.2, 0.25) is 0 Å². The SMILES string of the molecule is CCCC/C=C/C=C/C=C\CCCCCCCC(=O)[O-]. The molecule has 20 heavy (non-hydrogen) atoms. The van der Waals surface area contributed by atoms with Crippen LogP contribution in [0.4, 0.5) is 0 Å². The molecule has 0 radical (unpaired) electrons. The van der Waals surface area contributed by atoms with Gasteiger partial charge < -0.3 is 9.90 Å². The van der Waals surface area contributed by atoms with Crippen LogP contribution in [0.2, 0.25) is 0 Å². The van der Waals surface area contributed by atoms with Crippen LogP contribution in [-0.4, -0.2) is 5.97 Å². The predicted octanol–water partition coefficient (Wildman–Crippen LogP) is 4.33. The van der Waals surface area contributed by atoms with Crippen molar-refractivity contribution in [2.45, 2.75) is 71.1 Å². The molecule has 0 aliphatic heterocycles. The average molecular weight is 277 g/mol. The first-order valence-electron chi connectivity index (χ1n) is 7.95. The fourth-order valence-electron chi connectivity index (χ4n) is 1.86. The fourth-order valence-corrected chi connectivity index (χ4v) is 1.86. The summed E-state index contributed by atoms with van der Waals surface area (Å²) in [6.45, 7) is 2.20. The molecule has 0 rings (SSSR count). The van der Waals surface area contributed by atoms with Gasteiger partial charge in [-0.15, -0.1) is 0 Å². The van der Waals surface area contributed by atoms with Crippen LogP contribution in [-0.2, 0) is 4.79 Å². The maximum atomic E-state index is 10.2. The maximum absolute atomic E-state index is 10.2. The van der Waals surface area contributed by atoms with Crippen molar-refractivity contribution in [3.8, 4) is 0 Å². The summed E-state index contributed by atoms with van der Waals surface area (Å²) < 4.78 is 0. The second-order valence-corrected chi connectivity index (χ2v) is 5.06. The van der Waals surface area contributed by atoms with Crippen LogP contribution in [0, 0.1) is 0 Å². The molecule has 0 N–H and O–H groups in total. The van der Waals surface area contributed by atoms with Crippen molar-refractivity contribution < 1.29 is 9.90 Å². The zero-order chi connectivity index (χ0) is 14.9. The van der Waals surface area contributed by atoms with Gasteiger partial charge in [0.15, 0.2) is 0 Å². The Kier molecular flexibility index (Phi) is 14.7. The second kappa shape index (κ2) is 15.7. The monoisotopic (exact) mass is 277 g/mol. The van der Waals surface area contributed by atoms with E-state index in [-0.39, 0.29) is 6.42 Å². The number of hydrogen-bond acceptors (Lipinski definition) is 2. The molecule has 2 nitrogen and oxygen atoms in total. The van der Waals surface area contributed by atoms with Crippen LogP contribution in [0.5, 0.6) is 0 Å². The Labute approximate surface area is 124 Å². The molecule has 0 spiro atoms. The van der Waals surface area contributed by atoms with Crippen molar-refractivity contribution in [1.29, 1.82) is 0 Å². The molecular formula is C18H29O2-. The molecule has 114 valence electrons. The molecule has 0 aromatic rings. The van der Waals surface area contributed by atoms with E-state index in [9.17, 15) is 9.90 Å². The predicted molar refractivity (Wildman–Crippen MR) is 84.3 cm³/mol. The van der Waals surface area contributed by atoms with E-state index in [4.69, 9.17) is 0 Å². The number of carbonyl (C=O) groups excluding carboxylic acids is 1. The highest BCUT2D eigenvalue weighted by Gasteiger charge is 1.90. The summed E-state index contributed by atoms with van der Waals surface area (Å²) in [4.78, 5) is 10.2. The Morgan fingerprint density at radius 1 is 0.800 bits per heavy atom. The molecule has 0 aliphatic rings. The quantitative estimate of drug-likeness (QED) is 0.371. The average Bonchev–Trinajstić information content (AvgIpc) is 2.43. The second-order valence-electron chi connectivity index (χ2n) is 5.06. The molecule has 0 amide bonds. The molecule has 0 aliphatic carbocycles. The summed E-state index contributed by atoms with van der Waals surface area (Å²) in [6.07, 6.45) is 23.0. The van der Waals surface area contributed by atoms with Crippen molar-refractivity contribution in [2.75, 3.05) is 0 Å². The van der Waals surface area contributed by atoms with E-state index in [1.807, 2.05) is 0 Å². The molecule has 2 heteroatoms. The van der Waals surface area contributed by atoms with E-state index in [0.29, 0.717) is 0 Å². The van der Waals surface area contributed by atoms with Crippen LogP contribution >= 0.6 is 0 Å². The van der Waals surface area contributed by atoms with Gasteiger partial charge in [0, 0.05) is 5.97 Å². The van der Waals surface area contributed by atoms with Gasteiger partial charge in [-0.1, -0.05) is 75.5 Å². The lowest BCUT2D eigenvalue weighted by Gasteiger charge is -2.01. The third-order valence-corrected chi connectivity index (χ3v) is 3.08. The van der Waals surface area contributed by atoms with Gasteiger partial charge in [0.1, 0.15) is 0 Å². The smallest absolute Gasteiger partial charge is 0.0414 e. The van der Waals surface area contributed by atoms with Crippen LogP contribution in [0.1, 0.15) is 71.1 Å². The number of carboxylic acid groups (broad SMARTS) is 1. The summed E-state index contributed by atoms with van der Waals surface area (Å²) >= 11 is 0. The highest BCUT2D eigenvalue weighted by Crippen LogP contribution is 2.07. The van der Waals surface area contributed by atoms with Crippen molar-refractivity contribution in [3.05, 3.63) is 36.5 Å². The van der Waals surface area contributed by atoms with Crippen molar-refractivity contribution in [3.63, 3.8) is 0 Å². The van der Waals surface area contributed by atoms with E-state index >= 15 is 0 Å². The Bertz CT molecular complexity index is 301. The topological polar surface area (TPSA) is 40.1 Å². The minimum absolute atomic E-state index is 0.205. The molecule has 0 atom stereocenters. The van der Waals surface area contributed by atoms with Crippen molar-refractivity contribution >= 4 is 5.97 Å². The lowest BCUT2D eigenvalue weighted by Crippen LogP contribution is -2.21. The first-order chi connectivity index (χ1) is 9.77. The van der Waals surface area contributed by atoms with Gasteiger partial charge in [0.25, 0.3) is 0 Å². The lowest BCUT2D eigenvalue weighted by molar-refractivity contribution is -0.305. The first-order valence-corrected chi connectivity index (χ1v) is 7.95. The molecule has 0 saturated carbocycles. The molecule has 0 aromatic carbocycles. The van der Waals surface area contributed by atoms with E-state index in [0.717, 1.165) is 25.7 Å². The van der Waals surface area contributed by atoms with Crippen LogP contribution in [0.25, 0.3) is 0 Å². The highest BCUT2D eigenvalue weighted by atomic mass is 16.4. The number of hydrogen-bond donors (Lipinski definition) is 0. The third kappa shape index (κ3) is 16.7. The molecule has 0 saturated heterocycles. The van der Waals surface area contributed by atoms with E-state index in [2.05, 4.69) is 43.4 Å². The van der Waals surface area contributed by atoms with Crippen LogP contribution < -0.4 is 5.11 Å². The third-order valence-electron chi connectivity index (χ3n) is 3.08. The maximum Gasteiger partial charge on any atom is 0.0414 e. The number of carbonyl (C=O) groups is 1. The minimum Gasteiger partial charge on any atom is -0.550 e. The fraction of sp³-hybridized carbons (Fsp3) is 0.611. The number of rotatable bonds is 13.